The highest BCUT2D eigenvalue weighted by molar-refractivity contribution is 5.35. The molecule has 0 saturated carbocycles. The van der Waals surface area contributed by atoms with Crippen molar-refractivity contribution in [3.63, 3.8) is 0 Å². The van der Waals surface area contributed by atoms with Gasteiger partial charge in [-0.2, -0.15) is 10.2 Å². The number of nitrogens with zero attached hydrogens (tertiary/aromatic N) is 3. The van der Waals surface area contributed by atoms with Gasteiger partial charge in [-0.25, -0.2) is 0 Å². The topological polar surface area (TPSA) is 55.0 Å². The van der Waals surface area contributed by atoms with Gasteiger partial charge < -0.3 is 5.73 Å². The van der Waals surface area contributed by atoms with Crippen LogP contribution in [0.4, 0.5) is 5.69 Å². The van der Waals surface area contributed by atoms with Gasteiger partial charge in [0.15, 0.2) is 0 Å². The first-order chi connectivity index (χ1) is 6.27. The van der Waals surface area contributed by atoms with Crippen LogP contribution >= 0.6 is 0 Å². The monoisotopic (exact) mass is 178 g/mol. The number of anilines is 1. The molecular weight excluding hydrogens is 164 g/mol. The van der Waals surface area contributed by atoms with Crippen molar-refractivity contribution in [2.75, 3.05) is 19.3 Å². The molecule has 1 fully saturated rings. The van der Waals surface area contributed by atoms with Gasteiger partial charge >= 0.3 is 0 Å². The van der Waals surface area contributed by atoms with E-state index in [0.717, 1.165) is 18.7 Å². The predicted molar refractivity (Wildman–Crippen MR) is 51.0 cm³/mol. The third kappa shape index (κ3) is 1.62. The van der Waals surface area contributed by atoms with Crippen LogP contribution in [0.3, 0.4) is 0 Å². The molecule has 0 spiro atoms. The molecule has 1 saturated heterocycles. The Morgan fingerprint density at radius 3 is 3.08 bits per heavy atom. The zero-order valence-electron chi connectivity index (χ0n) is 7.77. The van der Waals surface area contributed by atoms with Crippen molar-refractivity contribution in [2.45, 2.75) is 18.9 Å². The van der Waals surface area contributed by atoms with Crippen molar-refractivity contribution in [1.82, 2.24) is 15.1 Å². The second-order valence-electron chi connectivity index (χ2n) is 3.55. The summed E-state index contributed by atoms with van der Waals surface area (Å²) in [5.74, 6) is 0. The van der Waals surface area contributed by atoms with Gasteiger partial charge in [-0.1, -0.05) is 0 Å². The highest BCUT2D eigenvalue weighted by Crippen LogP contribution is 2.28. The fraction of sp³-hybridized carbons (Fsp3) is 0.556. The normalized spacial score (nSPS) is 23.6. The van der Waals surface area contributed by atoms with Gasteiger partial charge in [-0.15, -0.1) is 0 Å². The number of nitrogen functional groups attached to an aromatic ring is 1. The van der Waals surface area contributed by atoms with Gasteiger partial charge in [-0.3, -0.25) is 4.90 Å². The van der Waals surface area contributed by atoms with E-state index in [9.17, 15) is 0 Å². The van der Waals surface area contributed by atoms with Gasteiger partial charge in [0.05, 0.1) is 23.6 Å². The molecule has 4 heteroatoms. The molecule has 1 atom stereocenters. The lowest BCUT2D eigenvalue weighted by Crippen LogP contribution is -2.18. The molecule has 1 aliphatic heterocycles. The van der Waals surface area contributed by atoms with Crippen molar-refractivity contribution >= 4 is 5.69 Å². The Balaban J connectivity index is 2.24. The predicted octanol–water partition coefficient (Wildman–Crippen LogP) is 0.826. The second-order valence-corrected chi connectivity index (χ2v) is 3.55. The molecule has 1 aliphatic rings. The number of hydrogen-bond donors (Lipinski definition) is 1. The lowest BCUT2D eigenvalue weighted by atomic mass is 10.1. The maximum Gasteiger partial charge on any atom is 0.0823 e. The van der Waals surface area contributed by atoms with Crippen LogP contribution < -0.4 is 5.73 Å². The largest absolute Gasteiger partial charge is 0.397 e. The summed E-state index contributed by atoms with van der Waals surface area (Å²) in [5, 5.41) is 7.96. The van der Waals surface area contributed by atoms with Crippen molar-refractivity contribution in [3.8, 4) is 0 Å². The third-order valence-electron chi connectivity index (χ3n) is 2.56. The van der Waals surface area contributed by atoms with E-state index in [2.05, 4.69) is 22.1 Å². The van der Waals surface area contributed by atoms with Crippen LogP contribution in [0.2, 0.25) is 0 Å². The Hall–Kier alpha value is -1.16. The number of nitrogens with two attached hydrogens (primary N) is 1. The first kappa shape index (κ1) is 8.44. The summed E-state index contributed by atoms with van der Waals surface area (Å²) in [4.78, 5) is 2.30. The van der Waals surface area contributed by atoms with Gasteiger partial charge in [0.25, 0.3) is 0 Å². The Labute approximate surface area is 77.8 Å². The molecular formula is C9H14N4. The molecule has 2 heterocycles. The maximum absolute atomic E-state index is 5.65. The third-order valence-corrected chi connectivity index (χ3v) is 2.56. The smallest absolute Gasteiger partial charge is 0.0823 e. The van der Waals surface area contributed by atoms with Gasteiger partial charge in [0, 0.05) is 0 Å². The molecule has 0 aromatic carbocycles. The maximum atomic E-state index is 5.65. The Morgan fingerprint density at radius 1 is 1.62 bits per heavy atom. The first-order valence-electron chi connectivity index (χ1n) is 4.56. The first-order valence-corrected chi connectivity index (χ1v) is 4.56. The van der Waals surface area contributed by atoms with E-state index >= 15 is 0 Å². The quantitative estimate of drug-likeness (QED) is 0.692. The van der Waals surface area contributed by atoms with E-state index < -0.39 is 0 Å². The zero-order chi connectivity index (χ0) is 9.26. The van der Waals surface area contributed by atoms with Crippen LogP contribution in [-0.2, 0) is 0 Å². The molecule has 1 aromatic rings. The average molecular weight is 178 g/mol. The highest BCUT2D eigenvalue weighted by Gasteiger charge is 2.23. The molecule has 13 heavy (non-hydrogen) atoms. The fourth-order valence-corrected chi connectivity index (χ4v) is 1.85. The molecule has 1 unspecified atom stereocenters. The van der Waals surface area contributed by atoms with Crippen molar-refractivity contribution in [3.05, 3.63) is 18.0 Å². The van der Waals surface area contributed by atoms with Crippen LogP contribution in [0.1, 0.15) is 24.6 Å². The zero-order valence-corrected chi connectivity index (χ0v) is 7.77. The molecule has 2 rings (SSSR count). The SMILES string of the molecule is CN1CCCC1c1cc(N)cnn1. The van der Waals surface area contributed by atoms with Crippen LogP contribution in [0, 0.1) is 0 Å². The lowest BCUT2D eigenvalue weighted by Gasteiger charge is -2.17. The summed E-state index contributed by atoms with van der Waals surface area (Å²) in [5.41, 5.74) is 7.35. The van der Waals surface area contributed by atoms with E-state index in [1.54, 1.807) is 6.20 Å². The number of aromatic nitrogens is 2. The summed E-state index contributed by atoms with van der Waals surface area (Å²) >= 11 is 0. The van der Waals surface area contributed by atoms with E-state index in [0.29, 0.717) is 11.7 Å². The summed E-state index contributed by atoms with van der Waals surface area (Å²) in [6.45, 7) is 1.14. The summed E-state index contributed by atoms with van der Waals surface area (Å²) < 4.78 is 0. The Kier molecular flexibility index (Phi) is 2.14. The van der Waals surface area contributed by atoms with Gasteiger partial charge in [0.2, 0.25) is 0 Å². The minimum Gasteiger partial charge on any atom is -0.397 e. The molecule has 4 nitrogen and oxygen atoms in total. The van der Waals surface area contributed by atoms with E-state index in [1.807, 2.05) is 6.07 Å². The number of likely N-dealkylation sites (tertiary alicyclic amines) is 1. The summed E-state index contributed by atoms with van der Waals surface area (Å²) in [7, 11) is 2.11. The lowest BCUT2D eigenvalue weighted by molar-refractivity contribution is 0.310. The van der Waals surface area contributed by atoms with Crippen LogP contribution in [0.15, 0.2) is 12.3 Å². The van der Waals surface area contributed by atoms with Crippen LogP contribution in [-0.4, -0.2) is 28.7 Å². The van der Waals surface area contributed by atoms with Crippen molar-refractivity contribution < 1.29 is 0 Å². The van der Waals surface area contributed by atoms with Crippen LogP contribution in [0.25, 0.3) is 0 Å². The molecule has 2 N–H and O–H groups in total. The number of hydrogen-bond acceptors (Lipinski definition) is 4. The molecule has 0 amide bonds. The van der Waals surface area contributed by atoms with E-state index in [-0.39, 0.29) is 0 Å². The summed E-state index contributed by atoms with van der Waals surface area (Å²) in [6.07, 6.45) is 3.98. The fourth-order valence-electron chi connectivity index (χ4n) is 1.85. The molecule has 0 radical (unpaired) electrons. The van der Waals surface area contributed by atoms with Gasteiger partial charge in [0.1, 0.15) is 0 Å². The Morgan fingerprint density at radius 2 is 2.46 bits per heavy atom. The number of rotatable bonds is 1. The summed E-state index contributed by atoms with van der Waals surface area (Å²) in [6, 6.07) is 2.33. The Bertz CT molecular complexity index is 299. The van der Waals surface area contributed by atoms with Crippen LogP contribution in [0.5, 0.6) is 0 Å². The minimum atomic E-state index is 0.413. The van der Waals surface area contributed by atoms with E-state index in [4.69, 9.17) is 5.73 Å². The molecule has 0 aliphatic carbocycles. The van der Waals surface area contributed by atoms with Crippen molar-refractivity contribution in [1.29, 1.82) is 0 Å². The standard InChI is InChI=1S/C9H14N4/c1-13-4-2-3-9(13)8-5-7(10)6-11-12-8/h5-6,9H,2-4H2,1H3,(H2,10,12). The van der Waals surface area contributed by atoms with Gasteiger partial charge in [-0.05, 0) is 32.5 Å². The molecule has 1 aromatic heterocycles. The average Bonchev–Trinajstić information content (AvgIpc) is 2.51. The van der Waals surface area contributed by atoms with E-state index in [1.165, 1.54) is 6.42 Å². The minimum absolute atomic E-state index is 0.413. The second kappa shape index (κ2) is 3.30. The van der Waals surface area contributed by atoms with Crippen molar-refractivity contribution in [2.24, 2.45) is 0 Å². The highest BCUT2D eigenvalue weighted by atomic mass is 15.2. The molecule has 70 valence electrons. The molecule has 0 bridgehead atoms.